The van der Waals surface area contributed by atoms with Gasteiger partial charge in [-0.05, 0) is 49.5 Å². The van der Waals surface area contributed by atoms with Gasteiger partial charge in [-0.15, -0.1) is 0 Å². The van der Waals surface area contributed by atoms with Crippen molar-refractivity contribution in [2.24, 2.45) is 0 Å². The van der Waals surface area contributed by atoms with Crippen molar-refractivity contribution in [2.45, 2.75) is 30.2 Å². The van der Waals surface area contributed by atoms with E-state index >= 15 is 0 Å². The molecule has 27 heavy (non-hydrogen) atoms. The molecule has 1 aromatic rings. The molecule has 2 fully saturated rings. The van der Waals surface area contributed by atoms with Gasteiger partial charge in [-0.3, -0.25) is 4.90 Å². The lowest BCUT2D eigenvalue weighted by Gasteiger charge is -2.48. The number of morpholine rings is 1. The lowest BCUT2D eigenvalue weighted by Crippen LogP contribution is -2.60. The Balaban J connectivity index is 1.74. The van der Waals surface area contributed by atoms with Crippen LogP contribution in [0.25, 0.3) is 0 Å². The maximum Gasteiger partial charge on any atom is 0.240 e. The van der Waals surface area contributed by atoms with E-state index in [-0.39, 0.29) is 16.2 Å². The molecule has 0 unspecified atom stereocenters. The minimum absolute atomic E-state index is 0.0607. The number of rotatable bonds is 7. The SMILES string of the molecule is CCOc1ccc(S(=O)(=O)NCC2(N3CCOCC3)CCSCC2)cc1F. The molecule has 0 atom stereocenters. The van der Waals surface area contributed by atoms with Crippen LogP contribution in [0.3, 0.4) is 0 Å². The van der Waals surface area contributed by atoms with Gasteiger partial charge in [0.1, 0.15) is 0 Å². The smallest absolute Gasteiger partial charge is 0.240 e. The first-order valence-corrected chi connectivity index (χ1v) is 11.9. The van der Waals surface area contributed by atoms with Crippen molar-refractivity contribution < 1.29 is 22.3 Å². The molecule has 0 spiro atoms. The van der Waals surface area contributed by atoms with Crippen molar-refractivity contribution in [1.82, 2.24) is 9.62 Å². The second-order valence-corrected chi connectivity index (χ2v) is 9.78. The normalized spacial score (nSPS) is 21.1. The van der Waals surface area contributed by atoms with E-state index in [1.807, 2.05) is 11.8 Å². The predicted molar refractivity (Wildman–Crippen MR) is 104 cm³/mol. The minimum Gasteiger partial charge on any atom is -0.491 e. The van der Waals surface area contributed by atoms with Gasteiger partial charge in [0.25, 0.3) is 0 Å². The highest BCUT2D eigenvalue weighted by Gasteiger charge is 2.39. The second-order valence-electron chi connectivity index (χ2n) is 6.79. The summed E-state index contributed by atoms with van der Waals surface area (Å²) in [5.74, 6) is 1.41. The van der Waals surface area contributed by atoms with E-state index < -0.39 is 15.8 Å². The molecule has 2 aliphatic heterocycles. The number of nitrogens with zero attached hydrogens (tertiary/aromatic N) is 1. The number of nitrogens with one attached hydrogen (secondary N) is 1. The van der Waals surface area contributed by atoms with E-state index in [1.54, 1.807) is 6.92 Å². The van der Waals surface area contributed by atoms with Gasteiger partial charge >= 0.3 is 0 Å². The molecule has 2 saturated heterocycles. The van der Waals surface area contributed by atoms with Gasteiger partial charge in [-0.2, -0.15) is 11.8 Å². The van der Waals surface area contributed by atoms with E-state index in [9.17, 15) is 12.8 Å². The molecule has 0 bridgehead atoms. The van der Waals surface area contributed by atoms with E-state index in [2.05, 4.69) is 9.62 Å². The van der Waals surface area contributed by atoms with Gasteiger partial charge < -0.3 is 9.47 Å². The Bertz CT molecular complexity index is 733. The number of benzene rings is 1. The van der Waals surface area contributed by atoms with Crippen LogP contribution in [0.4, 0.5) is 4.39 Å². The third-order valence-electron chi connectivity index (χ3n) is 5.21. The van der Waals surface area contributed by atoms with Crippen molar-refractivity contribution in [2.75, 3.05) is 51.0 Å². The lowest BCUT2D eigenvalue weighted by molar-refractivity contribution is -0.0242. The van der Waals surface area contributed by atoms with Gasteiger partial charge in [0.05, 0.1) is 24.7 Å². The summed E-state index contributed by atoms with van der Waals surface area (Å²) < 4.78 is 52.9. The van der Waals surface area contributed by atoms with Crippen molar-refractivity contribution in [3.05, 3.63) is 24.0 Å². The third-order valence-corrected chi connectivity index (χ3v) is 7.59. The fourth-order valence-electron chi connectivity index (χ4n) is 3.63. The first-order chi connectivity index (χ1) is 13.0. The second kappa shape index (κ2) is 9.09. The predicted octanol–water partition coefficient (Wildman–Crippen LogP) is 2.10. The molecule has 6 nitrogen and oxygen atoms in total. The average Bonchev–Trinajstić information content (AvgIpc) is 2.69. The maximum atomic E-state index is 14.1. The van der Waals surface area contributed by atoms with Crippen molar-refractivity contribution >= 4 is 21.8 Å². The average molecular weight is 419 g/mol. The number of hydrogen-bond acceptors (Lipinski definition) is 6. The Morgan fingerprint density at radius 2 is 2.00 bits per heavy atom. The molecule has 152 valence electrons. The zero-order valence-electron chi connectivity index (χ0n) is 15.6. The highest BCUT2D eigenvalue weighted by molar-refractivity contribution is 7.99. The van der Waals surface area contributed by atoms with E-state index in [1.165, 1.54) is 12.1 Å². The Labute approximate surface area is 164 Å². The lowest BCUT2D eigenvalue weighted by atomic mass is 9.89. The van der Waals surface area contributed by atoms with E-state index in [0.717, 1.165) is 43.5 Å². The zero-order valence-corrected chi connectivity index (χ0v) is 17.2. The van der Waals surface area contributed by atoms with Crippen LogP contribution in [-0.4, -0.2) is 69.8 Å². The Morgan fingerprint density at radius 3 is 2.63 bits per heavy atom. The van der Waals surface area contributed by atoms with Crippen LogP contribution in [0.5, 0.6) is 5.75 Å². The van der Waals surface area contributed by atoms with Crippen molar-refractivity contribution in [3.63, 3.8) is 0 Å². The number of sulfonamides is 1. The quantitative estimate of drug-likeness (QED) is 0.732. The van der Waals surface area contributed by atoms with Crippen LogP contribution >= 0.6 is 11.8 Å². The summed E-state index contributed by atoms with van der Waals surface area (Å²) in [5, 5.41) is 0. The maximum absolute atomic E-state index is 14.1. The van der Waals surface area contributed by atoms with Crippen molar-refractivity contribution in [1.29, 1.82) is 0 Å². The molecule has 0 amide bonds. The molecule has 2 aliphatic rings. The molecule has 0 radical (unpaired) electrons. The van der Waals surface area contributed by atoms with Crippen LogP contribution in [0.15, 0.2) is 23.1 Å². The summed E-state index contributed by atoms with van der Waals surface area (Å²) in [6.07, 6.45) is 1.86. The number of halogens is 1. The molecule has 0 saturated carbocycles. The monoisotopic (exact) mass is 418 g/mol. The van der Waals surface area contributed by atoms with E-state index in [0.29, 0.717) is 26.4 Å². The fraction of sp³-hybridized carbons (Fsp3) is 0.667. The molecule has 2 heterocycles. The molecule has 0 aromatic heterocycles. The molecule has 1 aromatic carbocycles. The summed E-state index contributed by atoms with van der Waals surface area (Å²) in [6.45, 7) is 5.36. The van der Waals surface area contributed by atoms with Crippen molar-refractivity contribution in [3.8, 4) is 5.75 Å². The Morgan fingerprint density at radius 1 is 1.30 bits per heavy atom. The summed E-state index contributed by atoms with van der Waals surface area (Å²) >= 11 is 1.90. The molecule has 1 N–H and O–H groups in total. The van der Waals surface area contributed by atoms with Crippen LogP contribution in [0.2, 0.25) is 0 Å². The van der Waals surface area contributed by atoms with Gasteiger partial charge in [0, 0.05) is 25.2 Å². The standard InChI is InChI=1S/C18H27FN2O4S2/c1-2-25-17-4-3-15(13-16(17)19)27(22,23)20-14-18(5-11-26-12-6-18)21-7-9-24-10-8-21/h3-4,13,20H,2,5-12,14H2,1H3. The summed E-state index contributed by atoms with van der Waals surface area (Å²) in [7, 11) is -3.80. The van der Waals surface area contributed by atoms with E-state index in [4.69, 9.17) is 9.47 Å². The third kappa shape index (κ3) is 4.95. The van der Waals surface area contributed by atoms with Gasteiger partial charge in [-0.25, -0.2) is 17.5 Å². The summed E-state index contributed by atoms with van der Waals surface area (Å²) in [4.78, 5) is 2.28. The van der Waals surface area contributed by atoms with Crippen LogP contribution in [0.1, 0.15) is 19.8 Å². The first kappa shape index (κ1) is 20.9. The Kier molecular flexibility index (Phi) is 7.02. The number of hydrogen-bond donors (Lipinski definition) is 1. The molecule has 9 heteroatoms. The summed E-state index contributed by atoms with van der Waals surface area (Å²) in [6, 6.07) is 3.77. The topological polar surface area (TPSA) is 67.9 Å². The number of thioether (sulfide) groups is 1. The largest absolute Gasteiger partial charge is 0.491 e. The molecular weight excluding hydrogens is 391 g/mol. The molecule has 3 rings (SSSR count). The molecular formula is C18H27FN2O4S2. The highest BCUT2D eigenvalue weighted by atomic mass is 32.2. The van der Waals surface area contributed by atoms with Crippen LogP contribution < -0.4 is 9.46 Å². The Hall–Kier alpha value is -0.870. The fourth-order valence-corrected chi connectivity index (χ4v) is 6.01. The highest BCUT2D eigenvalue weighted by Crippen LogP contribution is 2.33. The summed E-state index contributed by atoms with van der Waals surface area (Å²) in [5.41, 5.74) is -0.202. The van der Waals surface area contributed by atoms with Gasteiger partial charge in [0.15, 0.2) is 11.6 Å². The minimum atomic E-state index is -3.80. The number of ether oxygens (including phenoxy) is 2. The first-order valence-electron chi connectivity index (χ1n) is 9.29. The van der Waals surface area contributed by atoms with Gasteiger partial charge in [-0.1, -0.05) is 0 Å². The van der Waals surface area contributed by atoms with Crippen LogP contribution in [0, 0.1) is 5.82 Å². The zero-order chi connectivity index (χ0) is 19.3. The van der Waals surface area contributed by atoms with Gasteiger partial charge in [0.2, 0.25) is 10.0 Å². The molecule has 0 aliphatic carbocycles. The van der Waals surface area contributed by atoms with Crippen LogP contribution in [-0.2, 0) is 14.8 Å².